The molecule has 0 bridgehead atoms. The van der Waals surface area contributed by atoms with Crippen molar-refractivity contribution in [2.45, 2.75) is 128 Å². The van der Waals surface area contributed by atoms with Crippen LogP contribution in [0.1, 0.15) is 124 Å². The second-order valence-corrected chi connectivity index (χ2v) is 8.76. The molecule has 1 saturated carbocycles. The summed E-state index contributed by atoms with van der Waals surface area (Å²) in [6.45, 7) is 6.91. The van der Waals surface area contributed by atoms with Crippen molar-refractivity contribution in [3.8, 4) is 0 Å². The Kier molecular flexibility index (Phi) is 11.7. The van der Waals surface area contributed by atoms with E-state index in [0.717, 1.165) is 24.7 Å². The average molecular weight is 343 g/mol. The maximum atomic E-state index is 7.10. The monoisotopic (exact) mass is 342 g/mol. The van der Waals surface area contributed by atoms with Crippen LogP contribution in [-0.2, 0) is 0 Å². The molecule has 23 heavy (non-hydrogen) atoms. The Morgan fingerprint density at radius 3 is 1.83 bits per heavy atom. The molecule has 0 saturated heterocycles. The molecule has 0 aromatic heterocycles. The van der Waals surface area contributed by atoms with Gasteiger partial charge in [-0.05, 0) is 31.1 Å². The lowest BCUT2D eigenvalue weighted by Gasteiger charge is -2.41. The van der Waals surface area contributed by atoms with Crippen molar-refractivity contribution in [1.82, 2.24) is 0 Å². The van der Waals surface area contributed by atoms with Crippen molar-refractivity contribution in [1.29, 1.82) is 0 Å². The Bertz CT molecular complexity index is 263. The van der Waals surface area contributed by atoms with Gasteiger partial charge in [0.2, 0.25) is 0 Å². The van der Waals surface area contributed by atoms with Crippen molar-refractivity contribution in [3.63, 3.8) is 0 Å². The van der Waals surface area contributed by atoms with Gasteiger partial charge in [0, 0.05) is 4.87 Å². The normalized spacial score (nSPS) is 18.3. The molecule has 1 aliphatic rings. The number of hydrogen-bond acceptors (Lipinski definition) is 0. The molecule has 0 heterocycles. The van der Waals surface area contributed by atoms with Gasteiger partial charge in [-0.15, -0.1) is 11.6 Å². The highest BCUT2D eigenvalue weighted by Crippen LogP contribution is 2.45. The van der Waals surface area contributed by atoms with Crippen LogP contribution in [0.3, 0.4) is 0 Å². The second kappa shape index (κ2) is 12.6. The molecule has 0 aliphatic heterocycles. The molecule has 1 heteroatoms. The minimum atomic E-state index is 0.0726. The number of alkyl halides is 1. The van der Waals surface area contributed by atoms with E-state index in [0.29, 0.717) is 0 Å². The summed E-state index contributed by atoms with van der Waals surface area (Å²) in [7, 11) is 0. The lowest BCUT2D eigenvalue weighted by molar-refractivity contribution is 0.171. The van der Waals surface area contributed by atoms with Gasteiger partial charge in [0.25, 0.3) is 0 Å². The number of unbranched alkanes of at least 4 members (excludes halogenated alkanes) is 7. The van der Waals surface area contributed by atoms with Crippen LogP contribution in [0, 0.1) is 11.8 Å². The largest absolute Gasteiger partial charge is 0.119 e. The van der Waals surface area contributed by atoms with E-state index in [4.69, 9.17) is 11.6 Å². The van der Waals surface area contributed by atoms with E-state index in [2.05, 4.69) is 20.8 Å². The molecule has 1 fully saturated rings. The molecule has 1 atom stereocenters. The van der Waals surface area contributed by atoms with Crippen LogP contribution in [0.15, 0.2) is 0 Å². The molecule has 1 unspecified atom stereocenters. The molecule has 0 nitrogen and oxygen atoms in total. The first-order chi connectivity index (χ1) is 11.2. The summed E-state index contributed by atoms with van der Waals surface area (Å²) in [6, 6.07) is 0. The maximum absolute atomic E-state index is 7.10. The van der Waals surface area contributed by atoms with Crippen LogP contribution in [0.2, 0.25) is 0 Å². The molecule has 0 amide bonds. The lowest BCUT2D eigenvalue weighted by atomic mass is 9.70. The fourth-order valence-electron chi connectivity index (χ4n) is 4.73. The Labute approximate surface area is 152 Å². The molecular weight excluding hydrogens is 300 g/mol. The minimum Gasteiger partial charge on any atom is -0.119 e. The van der Waals surface area contributed by atoms with E-state index in [9.17, 15) is 0 Å². The number of hydrogen-bond donors (Lipinski definition) is 0. The smallest absolute Gasteiger partial charge is 0.0472 e. The first kappa shape index (κ1) is 21.3. The highest BCUT2D eigenvalue weighted by molar-refractivity contribution is 6.24. The van der Waals surface area contributed by atoms with E-state index in [1.54, 1.807) is 0 Å². The summed E-state index contributed by atoms with van der Waals surface area (Å²) in [5.74, 6) is 1.67. The van der Waals surface area contributed by atoms with Crippen molar-refractivity contribution in [3.05, 3.63) is 0 Å². The first-order valence-corrected chi connectivity index (χ1v) is 11.2. The van der Waals surface area contributed by atoms with E-state index in [1.807, 2.05) is 0 Å². The second-order valence-electron chi connectivity index (χ2n) is 8.01. The third kappa shape index (κ3) is 7.80. The molecule has 1 rings (SSSR count). The minimum absolute atomic E-state index is 0.0726. The zero-order valence-corrected chi connectivity index (χ0v) is 17.1. The highest BCUT2D eigenvalue weighted by atomic mass is 35.5. The SMILES string of the molecule is CCCCCCCCCCC(C1CCCCC1)C(Cl)(CC)CC. The molecular formula is C22H43Cl. The van der Waals surface area contributed by atoms with Gasteiger partial charge in [-0.1, -0.05) is 104 Å². The summed E-state index contributed by atoms with van der Waals surface area (Å²) >= 11 is 7.10. The predicted octanol–water partition coefficient (Wildman–Crippen LogP) is 8.51. The highest BCUT2D eigenvalue weighted by Gasteiger charge is 2.38. The van der Waals surface area contributed by atoms with Crippen molar-refractivity contribution in [2.75, 3.05) is 0 Å². The van der Waals surface area contributed by atoms with Crippen LogP contribution >= 0.6 is 11.6 Å². The van der Waals surface area contributed by atoms with Gasteiger partial charge < -0.3 is 0 Å². The van der Waals surface area contributed by atoms with Crippen molar-refractivity contribution >= 4 is 11.6 Å². The van der Waals surface area contributed by atoms with Gasteiger partial charge in [-0.25, -0.2) is 0 Å². The van der Waals surface area contributed by atoms with Gasteiger partial charge >= 0.3 is 0 Å². The summed E-state index contributed by atoms with van der Waals surface area (Å²) in [5.41, 5.74) is 0. The zero-order valence-electron chi connectivity index (χ0n) is 16.3. The molecule has 0 spiro atoms. The number of halogens is 1. The summed E-state index contributed by atoms with van der Waals surface area (Å²) in [4.78, 5) is 0.0726. The third-order valence-corrected chi connectivity index (χ3v) is 7.24. The van der Waals surface area contributed by atoms with Gasteiger partial charge in [-0.2, -0.15) is 0 Å². The molecule has 0 N–H and O–H groups in total. The van der Waals surface area contributed by atoms with Crippen molar-refractivity contribution < 1.29 is 0 Å². The lowest BCUT2D eigenvalue weighted by Crippen LogP contribution is -2.37. The van der Waals surface area contributed by atoms with Gasteiger partial charge in [0.05, 0.1) is 0 Å². The topological polar surface area (TPSA) is 0 Å². The number of rotatable bonds is 13. The van der Waals surface area contributed by atoms with Crippen LogP contribution in [0.25, 0.3) is 0 Å². The van der Waals surface area contributed by atoms with E-state index < -0.39 is 0 Å². The summed E-state index contributed by atoms with van der Waals surface area (Å²) in [6.07, 6.45) is 22.3. The first-order valence-electron chi connectivity index (χ1n) is 10.9. The average Bonchev–Trinajstić information content (AvgIpc) is 2.60. The van der Waals surface area contributed by atoms with Crippen LogP contribution < -0.4 is 0 Å². The fourth-order valence-corrected chi connectivity index (χ4v) is 5.01. The van der Waals surface area contributed by atoms with Crippen LogP contribution in [-0.4, -0.2) is 4.87 Å². The molecule has 0 aromatic carbocycles. The van der Waals surface area contributed by atoms with Gasteiger partial charge in [0.1, 0.15) is 0 Å². The Morgan fingerprint density at radius 2 is 1.30 bits per heavy atom. The van der Waals surface area contributed by atoms with Crippen LogP contribution in [0.5, 0.6) is 0 Å². The quantitative estimate of drug-likeness (QED) is 0.232. The predicted molar refractivity (Wildman–Crippen MR) is 106 cm³/mol. The van der Waals surface area contributed by atoms with Crippen molar-refractivity contribution in [2.24, 2.45) is 11.8 Å². The Morgan fingerprint density at radius 1 is 0.783 bits per heavy atom. The van der Waals surface area contributed by atoms with Gasteiger partial charge in [-0.3, -0.25) is 0 Å². The zero-order chi connectivity index (χ0) is 17.0. The summed E-state index contributed by atoms with van der Waals surface area (Å²) in [5, 5.41) is 0. The maximum Gasteiger partial charge on any atom is 0.0472 e. The third-order valence-electron chi connectivity index (χ3n) is 6.43. The van der Waals surface area contributed by atoms with Crippen LogP contribution in [0.4, 0.5) is 0 Å². The van der Waals surface area contributed by atoms with Gasteiger partial charge in [0.15, 0.2) is 0 Å². The summed E-state index contributed by atoms with van der Waals surface area (Å²) < 4.78 is 0. The standard InChI is InChI=1S/C22H43Cl/c1-4-7-8-9-10-11-12-16-19-21(22(23,5-2)6-3)20-17-14-13-15-18-20/h20-21H,4-19H2,1-3H3. The Hall–Kier alpha value is 0.290. The Balaban J connectivity index is 2.35. The van der Waals surface area contributed by atoms with E-state index in [1.165, 1.54) is 89.9 Å². The van der Waals surface area contributed by atoms with E-state index >= 15 is 0 Å². The molecule has 138 valence electrons. The molecule has 0 radical (unpaired) electrons. The molecule has 0 aromatic rings. The fraction of sp³-hybridized carbons (Fsp3) is 1.00. The van der Waals surface area contributed by atoms with E-state index in [-0.39, 0.29) is 4.87 Å². The molecule has 1 aliphatic carbocycles.